The van der Waals surface area contributed by atoms with Gasteiger partial charge in [-0.25, -0.2) is 0 Å². The Kier molecular flexibility index (Phi) is 5.53. The van der Waals surface area contributed by atoms with E-state index < -0.39 is 0 Å². The number of pyridine rings is 1. The number of aromatic nitrogens is 1. The summed E-state index contributed by atoms with van der Waals surface area (Å²) in [5.41, 5.74) is 2.75. The Morgan fingerprint density at radius 2 is 2.00 bits per heavy atom. The summed E-state index contributed by atoms with van der Waals surface area (Å²) in [5, 5.41) is 3.04. The van der Waals surface area contributed by atoms with Gasteiger partial charge in [-0.3, -0.25) is 14.6 Å². The quantitative estimate of drug-likeness (QED) is 0.858. The summed E-state index contributed by atoms with van der Waals surface area (Å²) in [6.45, 7) is 3.88. The van der Waals surface area contributed by atoms with E-state index in [0.29, 0.717) is 26.3 Å². The van der Waals surface area contributed by atoms with Crippen molar-refractivity contribution >= 4 is 23.2 Å². The monoisotopic (exact) mass is 380 g/mol. The molecule has 2 saturated heterocycles. The highest BCUT2D eigenvalue weighted by atomic mass is 16.5. The van der Waals surface area contributed by atoms with Gasteiger partial charge in [0.05, 0.1) is 30.5 Å². The Bertz CT molecular complexity index is 837. The van der Waals surface area contributed by atoms with Gasteiger partial charge >= 0.3 is 0 Å². The van der Waals surface area contributed by atoms with E-state index >= 15 is 0 Å². The number of nitrogens with one attached hydrogen (secondary N) is 1. The average molecular weight is 380 g/mol. The number of ether oxygens (including phenoxy) is 1. The van der Waals surface area contributed by atoms with Crippen LogP contribution in [0.2, 0.25) is 0 Å². The summed E-state index contributed by atoms with van der Waals surface area (Å²) in [4.78, 5) is 33.2. The number of carbonyl (C=O) groups is 2. The number of rotatable bonds is 5. The van der Waals surface area contributed by atoms with Gasteiger partial charge in [0, 0.05) is 45.0 Å². The van der Waals surface area contributed by atoms with Crippen LogP contribution in [0.4, 0.5) is 11.4 Å². The van der Waals surface area contributed by atoms with E-state index in [9.17, 15) is 9.59 Å². The van der Waals surface area contributed by atoms with Crippen LogP contribution < -0.4 is 10.2 Å². The van der Waals surface area contributed by atoms with Gasteiger partial charge in [0.15, 0.2) is 0 Å². The van der Waals surface area contributed by atoms with Crippen molar-refractivity contribution in [2.24, 2.45) is 5.92 Å². The second-order valence-corrected chi connectivity index (χ2v) is 7.14. The van der Waals surface area contributed by atoms with Crippen LogP contribution in [0.5, 0.6) is 0 Å². The van der Waals surface area contributed by atoms with E-state index in [0.717, 1.165) is 30.0 Å². The fourth-order valence-corrected chi connectivity index (χ4v) is 3.71. The van der Waals surface area contributed by atoms with Crippen molar-refractivity contribution in [1.29, 1.82) is 0 Å². The van der Waals surface area contributed by atoms with Gasteiger partial charge in [-0.15, -0.1) is 0 Å². The Morgan fingerprint density at radius 3 is 2.79 bits per heavy atom. The zero-order valence-electron chi connectivity index (χ0n) is 15.7. The predicted octanol–water partition coefficient (Wildman–Crippen LogP) is 1.91. The molecule has 7 heteroatoms. The molecule has 1 aromatic heterocycles. The highest BCUT2D eigenvalue weighted by Crippen LogP contribution is 2.28. The number of anilines is 2. The fourth-order valence-electron chi connectivity index (χ4n) is 3.71. The van der Waals surface area contributed by atoms with E-state index in [4.69, 9.17) is 4.74 Å². The first-order valence-electron chi connectivity index (χ1n) is 9.60. The summed E-state index contributed by atoms with van der Waals surface area (Å²) < 4.78 is 5.42. The Hall–Kier alpha value is -2.93. The number of nitrogens with zero attached hydrogens (tertiary/aromatic N) is 3. The number of para-hydroxylation sites is 2. The number of benzene rings is 1. The molecule has 0 radical (unpaired) electrons. The van der Waals surface area contributed by atoms with Crippen molar-refractivity contribution in [2.75, 3.05) is 43.1 Å². The lowest BCUT2D eigenvalue weighted by atomic mass is 10.1. The van der Waals surface area contributed by atoms with Gasteiger partial charge in [0.2, 0.25) is 11.8 Å². The minimum absolute atomic E-state index is 0.00506. The number of amides is 2. The molecule has 2 aliphatic rings. The summed E-state index contributed by atoms with van der Waals surface area (Å²) in [6.07, 6.45) is 3.70. The third kappa shape index (κ3) is 4.14. The van der Waals surface area contributed by atoms with Crippen molar-refractivity contribution in [1.82, 2.24) is 9.88 Å². The molecule has 0 bridgehead atoms. The maximum absolute atomic E-state index is 12.8. The van der Waals surface area contributed by atoms with E-state index in [1.807, 2.05) is 36.4 Å². The van der Waals surface area contributed by atoms with Crippen molar-refractivity contribution in [2.45, 2.75) is 13.0 Å². The van der Waals surface area contributed by atoms with Crippen LogP contribution in [-0.2, 0) is 20.9 Å². The van der Waals surface area contributed by atoms with E-state index in [1.165, 1.54) is 0 Å². The molecule has 2 aromatic rings. The maximum atomic E-state index is 12.8. The van der Waals surface area contributed by atoms with Crippen LogP contribution in [0.3, 0.4) is 0 Å². The average Bonchev–Trinajstić information content (AvgIpc) is 3.10. The molecule has 3 heterocycles. The van der Waals surface area contributed by atoms with Gasteiger partial charge in [-0.05, 0) is 23.8 Å². The summed E-state index contributed by atoms with van der Waals surface area (Å²) >= 11 is 0. The van der Waals surface area contributed by atoms with Crippen molar-refractivity contribution in [3.8, 4) is 0 Å². The summed E-state index contributed by atoms with van der Waals surface area (Å²) in [5.74, 6) is -0.449. The first-order valence-corrected chi connectivity index (χ1v) is 9.60. The molecule has 1 atom stereocenters. The molecule has 146 valence electrons. The first-order chi connectivity index (χ1) is 13.7. The minimum atomic E-state index is -0.345. The maximum Gasteiger partial charge on any atom is 0.229 e. The second-order valence-electron chi connectivity index (χ2n) is 7.14. The van der Waals surface area contributed by atoms with Crippen LogP contribution in [-0.4, -0.2) is 54.5 Å². The molecule has 1 N–H and O–H groups in total. The van der Waals surface area contributed by atoms with E-state index in [1.54, 1.807) is 17.3 Å². The normalized spacial score (nSPS) is 19.7. The molecule has 1 aromatic carbocycles. The van der Waals surface area contributed by atoms with Gasteiger partial charge in [0.25, 0.3) is 0 Å². The lowest BCUT2D eigenvalue weighted by Crippen LogP contribution is -2.37. The molecule has 0 aliphatic carbocycles. The van der Waals surface area contributed by atoms with Crippen LogP contribution in [0.15, 0.2) is 48.8 Å². The lowest BCUT2D eigenvalue weighted by Gasteiger charge is -2.30. The van der Waals surface area contributed by atoms with Gasteiger partial charge in [-0.1, -0.05) is 18.2 Å². The van der Waals surface area contributed by atoms with Crippen molar-refractivity contribution < 1.29 is 14.3 Å². The Labute approximate surface area is 164 Å². The predicted molar refractivity (Wildman–Crippen MR) is 106 cm³/mol. The molecule has 0 spiro atoms. The largest absolute Gasteiger partial charge is 0.378 e. The van der Waals surface area contributed by atoms with Crippen LogP contribution in [0, 0.1) is 5.92 Å². The molecule has 7 nitrogen and oxygen atoms in total. The topological polar surface area (TPSA) is 74.8 Å². The Morgan fingerprint density at radius 1 is 1.18 bits per heavy atom. The lowest BCUT2D eigenvalue weighted by molar-refractivity contribution is -0.128. The van der Waals surface area contributed by atoms with Gasteiger partial charge < -0.3 is 19.9 Å². The third-order valence-corrected chi connectivity index (χ3v) is 5.20. The van der Waals surface area contributed by atoms with E-state index in [-0.39, 0.29) is 24.2 Å². The summed E-state index contributed by atoms with van der Waals surface area (Å²) in [6, 6.07) is 11.6. The van der Waals surface area contributed by atoms with Crippen LogP contribution >= 0.6 is 0 Å². The molecule has 4 rings (SSSR count). The molecule has 2 fully saturated rings. The minimum Gasteiger partial charge on any atom is -0.378 e. The van der Waals surface area contributed by atoms with E-state index in [2.05, 4.69) is 15.2 Å². The fraction of sp³-hybridized carbons (Fsp3) is 0.381. The van der Waals surface area contributed by atoms with Crippen LogP contribution in [0.1, 0.15) is 12.0 Å². The zero-order valence-corrected chi connectivity index (χ0v) is 15.7. The molecule has 28 heavy (non-hydrogen) atoms. The number of morpholine rings is 1. The summed E-state index contributed by atoms with van der Waals surface area (Å²) in [7, 11) is 0. The SMILES string of the molecule is O=C(Nc1ccccc1N1CCOCC1)C1CC(=O)N(Cc2cccnc2)C1. The number of likely N-dealkylation sites (tertiary alicyclic amines) is 1. The van der Waals surface area contributed by atoms with Crippen molar-refractivity contribution in [3.05, 3.63) is 54.4 Å². The molecular weight excluding hydrogens is 356 g/mol. The molecule has 1 unspecified atom stereocenters. The molecular formula is C21H24N4O3. The molecule has 2 amide bonds. The number of hydrogen-bond donors (Lipinski definition) is 1. The number of hydrogen-bond acceptors (Lipinski definition) is 5. The molecule has 0 saturated carbocycles. The number of carbonyl (C=O) groups excluding carboxylic acids is 2. The van der Waals surface area contributed by atoms with Gasteiger partial charge in [0.1, 0.15) is 0 Å². The highest BCUT2D eigenvalue weighted by molar-refractivity contribution is 5.99. The smallest absolute Gasteiger partial charge is 0.229 e. The molecule has 2 aliphatic heterocycles. The highest BCUT2D eigenvalue weighted by Gasteiger charge is 2.34. The zero-order chi connectivity index (χ0) is 19.3. The standard InChI is InChI=1S/C21H24N4O3/c26-20-12-17(15-25(20)14-16-4-3-7-22-13-16)21(27)23-18-5-1-2-6-19(18)24-8-10-28-11-9-24/h1-7,13,17H,8-12,14-15H2,(H,23,27). The second kappa shape index (κ2) is 8.39. The Balaban J connectivity index is 1.41. The van der Waals surface area contributed by atoms with Gasteiger partial charge in [-0.2, -0.15) is 0 Å². The first kappa shape index (κ1) is 18.4. The van der Waals surface area contributed by atoms with Crippen molar-refractivity contribution in [3.63, 3.8) is 0 Å². The van der Waals surface area contributed by atoms with Crippen LogP contribution in [0.25, 0.3) is 0 Å². The third-order valence-electron chi connectivity index (χ3n) is 5.20.